The fraction of sp³-hybridized carbons (Fsp3) is 0.214. The summed E-state index contributed by atoms with van der Waals surface area (Å²) in [6.07, 6.45) is 2.07. The van der Waals surface area contributed by atoms with E-state index >= 15 is 0 Å². The van der Waals surface area contributed by atoms with E-state index < -0.39 is 0 Å². The monoisotopic (exact) mass is 328 g/mol. The van der Waals surface area contributed by atoms with E-state index in [9.17, 15) is 0 Å². The number of nitrogens with one attached hydrogen (secondary N) is 1. The molecule has 0 unspecified atom stereocenters. The molecule has 4 aromatic heterocycles. The third-order valence-corrected chi connectivity index (χ3v) is 4.15. The van der Waals surface area contributed by atoms with Gasteiger partial charge in [0.05, 0.1) is 18.7 Å². The molecule has 0 atom stereocenters. The molecule has 0 spiro atoms. The predicted molar refractivity (Wildman–Crippen MR) is 83.1 cm³/mol. The van der Waals surface area contributed by atoms with Crippen molar-refractivity contribution < 1.29 is 9.05 Å². The molecule has 0 aliphatic heterocycles. The van der Waals surface area contributed by atoms with Crippen LogP contribution in [0.3, 0.4) is 0 Å². The molecule has 23 heavy (non-hydrogen) atoms. The minimum Gasteiger partial charge on any atom is -0.362 e. The van der Waals surface area contributed by atoms with Crippen LogP contribution in [0.1, 0.15) is 22.3 Å². The van der Waals surface area contributed by atoms with Gasteiger partial charge in [0.2, 0.25) is 5.89 Å². The van der Waals surface area contributed by atoms with Crippen molar-refractivity contribution in [1.29, 1.82) is 0 Å². The molecule has 4 aromatic rings. The van der Waals surface area contributed by atoms with Gasteiger partial charge in [0, 0.05) is 4.88 Å². The van der Waals surface area contributed by atoms with Crippen LogP contribution in [-0.2, 0) is 13.0 Å². The van der Waals surface area contributed by atoms with Crippen LogP contribution in [0.5, 0.6) is 0 Å². The molecule has 0 aromatic carbocycles. The average Bonchev–Trinajstić information content (AvgIpc) is 3.29. The summed E-state index contributed by atoms with van der Waals surface area (Å²) in [6.45, 7) is 2.23. The van der Waals surface area contributed by atoms with Crippen molar-refractivity contribution in [3.05, 3.63) is 46.1 Å². The third kappa shape index (κ3) is 2.78. The van der Waals surface area contributed by atoms with Gasteiger partial charge >= 0.3 is 0 Å². The quantitative estimate of drug-likeness (QED) is 0.596. The summed E-state index contributed by atoms with van der Waals surface area (Å²) < 4.78 is 10.4. The Kier molecular flexibility index (Phi) is 3.46. The summed E-state index contributed by atoms with van der Waals surface area (Å²) in [4.78, 5) is 13.8. The van der Waals surface area contributed by atoms with Gasteiger partial charge in [-0.25, -0.2) is 4.98 Å². The lowest BCUT2D eigenvalue weighted by Gasteiger charge is -2.02. The fourth-order valence-corrected chi connectivity index (χ4v) is 2.91. The molecule has 0 saturated carbocycles. The number of thiophene rings is 1. The van der Waals surface area contributed by atoms with E-state index in [1.807, 2.05) is 24.4 Å². The highest BCUT2D eigenvalue weighted by Gasteiger charge is 2.13. The number of nitrogens with zero attached hydrogens (tertiary/aromatic N) is 5. The van der Waals surface area contributed by atoms with Crippen molar-refractivity contribution in [2.45, 2.75) is 19.9 Å². The van der Waals surface area contributed by atoms with Gasteiger partial charge in [0.15, 0.2) is 5.82 Å². The summed E-state index contributed by atoms with van der Waals surface area (Å²) in [7, 11) is 0. The first-order chi connectivity index (χ1) is 11.3. The number of anilines is 1. The molecular weight excluding hydrogens is 316 g/mol. The Morgan fingerprint density at radius 1 is 1.22 bits per heavy atom. The highest BCUT2D eigenvalue weighted by Crippen LogP contribution is 2.22. The van der Waals surface area contributed by atoms with Gasteiger partial charge in [-0.2, -0.15) is 9.97 Å². The second kappa shape index (κ2) is 5.76. The van der Waals surface area contributed by atoms with Crippen molar-refractivity contribution in [2.75, 3.05) is 5.32 Å². The van der Waals surface area contributed by atoms with Crippen LogP contribution >= 0.6 is 11.3 Å². The zero-order valence-corrected chi connectivity index (χ0v) is 13.0. The van der Waals surface area contributed by atoms with E-state index in [1.165, 1.54) is 11.2 Å². The fourth-order valence-electron chi connectivity index (χ4n) is 2.21. The van der Waals surface area contributed by atoms with Crippen molar-refractivity contribution in [2.24, 2.45) is 0 Å². The number of fused-ring (bicyclic) bond motifs is 1. The first-order valence-electron chi connectivity index (χ1n) is 6.94. The van der Waals surface area contributed by atoms with Gasteiger partial charge in [-0.05, 0) is 18.4 Å². The average molecular weight is 328 g/mol. The van der Waals surface area contributed by atoms with E-state index in [4.69, 9.17) is 9.05 Å². The zero-order chi connectivity index (χ0) is 15.6. The first kappa shape index (κ1) is 13.8. The van der Waals surface area contributed by atoms with Crippen LogP contribution in [0.4, 0.5) is 5.82 Å². The summed E-state index contributed by atoms with van der Waals surface area (Å²) >= 11 is 1.66. The molecule has 0 aliphatic rings. The van der Waals surface area contributed by atoms with Crippen LogP contribution in [0, 0.1) is 6.92 Å². The molecule has 0 saturated heterocycles. The third-order valence-electron chi connectivity index (χ3n) is 3.27. The van der Waals surface area contributed by atoms with Crippen LogP contribution < -0.4 is 5.32 Å². The lowest BCUT2D eigenvalue weighted by atomic mass is 10.3. The van der Waals surface area contributed by atoms with E-state index in [-0.39, 0.29) is 0 Å². The molecule has 116 valence electrons. The normalized spacial score (nSPS) is 11.2. The van der Waals surface area contributed by atoms with Gasteiger partial charge in [-0.15, -0.1) is 11.3 Å². The molecular formula is C14H12N6O2S. The Hall–Kier alpha value is -2.81. The van der Waals surface area contributed by atoms with Gasteiger partial charge < -0.3 is 14.4 Å². The lowest BCUT2D eigenvalue weighted by molar-refractivity contribution is 0.380. The maximum absolute atomic E-state index is 5.26. The second-order valence-electron chi connectivity index (χ2n) is 4.88. The summed E-state index contributed by atoms with van der Waals surface area (Å²) in [5.41, 5.74) is 1.18. The predicted octanol–water partition coefficient (Wildman–Crippen LogP) is 2.57. The topological polar surface area (TPSA) is 103 Å². The van der Waals surface area contributed by atoms with E-state index in [0.717, 1.165) is 11.1 Å². The maximum atomic E-state index is 5.26. The van der Waals surface area contributed by atoms with Gasteiger partial charge in [0.1, 0.15) is 17.5 Å². The SMILES string of the molecule is Cc1noc2ncnc(NCc3noc(Cc4cccs4)n3)c12. The molecule has 0 bridgehead atoms. The van der Waals surface area contributed by atoms with E-state index in [1.54, 1.807) is 11.3 Å². The Morgan fingerprint density at radius 3 is 3.04 bits per heavy atom. The first-order valence-corrected chi connectivity index (χ1v) is 7.82. The Bertz CT molecular complexity index is 930. The molecule has 8 nitrogen and oxygen atoms in total. The van der Waals surface area contributed by atoms with E-state index in [0.29, 0.717) is 36.2 Å². The van der Waals surface area contributed by atoms with Gasteiger partial charge in [-0.1, -0.05) is 16.4 Å². The number of aryl methyl sites for hydroxylation is 1. The standard InChI is InChI=1S/C14H12N6O2S/c1-8-12-13(16-7-17-14(12)22-19-8)15-6-10-18-11(21-20-10)5-9-3-2-4-23-9/h2-4,7H,5-6H2,1H3,(H,15,16,17). The number of aromatic nitrogens is 5. The number of hydrogen-bond donors (Lipinski definition) is 1. The van der Waals surface area contributed by atoms with E-state index in [2.05, 4.69) is 30.6 Å². The minimum absolute atomic E-state index is 0.394. The lowest BCUT2D eigenvalue weighted by Crippen LogP contribution is -2.04. The summed E-state index contributed by atoms with van der Waals surface area (Å²) in [6, 6.07) is 4.04. The largest absolute Gasteiger partial charge is 0.362 e. The van der Waals surface area contributed by atoms with Gasteiger partial charge in [0.25, 0.3) is 5.71 Å². The molecule has 1 N–H and O–H groups in total. The summed E-state index contributed by atoms with van der Waals surface area (Å²) in [5.74, 6) is 1.80. The van der Waals surface area contributed by atoms with Crippen molar-refractivity contribution >= 4 is 28.3 Å². The highest BCUT2D eigenvalue weighted by molar-refractivity contribution is 7.09. The zero-order valence-electron chi connectivity index (χ0n) is 12.2. The van der Waals surface area contributed by atoms with Crippen molar-refractivity contribution in [3.8, 4) is 0 Å². The van der Waals surface area contributed by atoms with Crippen LogP contribution in [0.2, 0.25) is 0 Å². The molecule has 0 radical (unpaired) electrons. The van der Waals surface area contributed by atoms with Gasteiger partial charge in [-0.3, -0.25) is 0 Å². The Labute approximate surface area is 134 Å². The van der Waals surface area contributed by atoms with Crippen LogP contribution in [-0.4, -0.2) is 25.3 Å². The molecule has 0 amide bonds. The Balaban J connectivity index is 1.48. The minimum atomic E-state index is 0.394. The molecule has 4 rings (SSSR count). The second-order valence-corrected chi connectivity index (χ2v) is 5.92. The van der Waals surface area contributed by atoms with Crippen LogP contribution in [0.15, 0.2) is 32.9 Å². The smallest absolute Gasteiger partial charge is 0.263 e. The molecule has 0 aliphatic carbocycles. The highest BCUT2D eigenvalue weighted by atomic mass is 32.1. The Morgan fingerprint density at radius 2 is 2.17 bits per heavy atom. The summed E-state index contributed by atoms with van der Waals surface area (Å²) in [5, 5.41) is 13.8. The molecule has 4 heterocycles. The van der Waals surface area contributed by atoms with Crippen LogP contribution in [0.25, 0.3) is 11.1 Å². The molecule has 0 fully saturated rings. The molecule has 9 heteroatoms. The van der Waals surface area contributed by atoms with Crippen molar-refractivity contribution in [1.82, 2.24) is 25.3 Å². The number of rotatable bonds is 5. The number of hydrogen-bond acceptors (Lipinski definition) is 9. The van der Waals surface area contributed by atoms with Crippen molar-refractivity contribution in [3.63, 3.8) is 0 Å². The maximum Gasteiger partial charge on any atom is 0.263 e.